The molecule has 1 aromatic rings. The zero-order valence-corrected chi connectivity index (χ0v) is 12.3. The highest BCUT2D eigenvalue weighted by Crippen LogP contribution is 2.21. The zero-order chi connectivity index (χ0) is 14.4. The molecule has 6 heteroatoms. The van der Waals surface area contributed by atoms with Crippen LogP contribution in [-0.2, 0) is 9.53 Å². The van der Waals surface area contributed by atoms with Crippen molar-refractivity contribution in [3.63, 3.8) is 0 Å². The number of carbonyl (C=O) groups excluding carboxylic acids is 1. The lowest BCUT2D eigenvalue weighted by molar-refractivity contribution is -0.138. The standard InChI is InChI=1S/C13H19N3O2S/c1-4-7-16(8-10(17)18-3)13-11(12(14)19)9(2)5-6-15-13/h5-6H,4,7-8H2,1-3H3,(H2,14,19). The molecule has 0 aliphatic carbocycles. The van der Waals surface area contributed by atoms with Crippen LogP contribution in [0.4, 0.5) is 5.82 Å². The number of aryl methyl sites for hydroxylation is 1. The Balaban J connectivity index is 3.18. The lowest BCUT2D eigenvalue weighted by Gasteiger charge is -2.24. The van der Waals surface area contributed by atoms with Crippen molar-refractivity contribution in [3.8, 4) is 0 Å². The Morgan fingerprint density at radius 2 is 2.26 bits per heavy atom. The van der Waals surface area contributed by atoms with E-state index in [1.165, 1.54) is 7.11 Å². The van der Waals surface area contributed by atoms with Crippen molar-refractivity contribution < 1.29 is 9.53 Å². The maximum atomic E-state index is 11.5. The molecule has 1 rings (SSSR count). The molecule has 0 saturated carbocycles. The molecule has 104 valence electrons. The van der Waals surface area contributed by atoms with E-state index in [-0.39, 0.29) is 17.5 Å². The van der Waals surface area contributed by atoms with Crippen LogP contribution >= 0.6 is 12.2 Å². The second-order valence-corrected chi connectivity index (χ2v) is 4.63. The SMILES string of the molecule is CCCN(CC(=O)OC)c1nccc(C)c1C(N)=S. The highest BCUT2D eigenvalue weighted by Gasteiger charge is 2.18. The third-order valence-corrected chi connectivity index (χ3v) is 2.93. The molecular weight excluding hydrogens is 262 g/mol. The lowest BCUT2D eigenvalue weighted by Crippen LogP contribution is -2.34. The van der Waals surface area contributed by atoms with Gasteiger partial charge in [-0.3, -0.25) is 4.79 Å². The molecule has 0 fully saturated rings. The number of ether oxygens (including phenoxy) is 1. The fourth-order valence-corrected chi connectivity index (χ4v) is 2.09. The molecule has 19 heavy (non-hydrogen) atoms. The molecule has 2 N–H and O–H groups in total. The smallest absolute Gasteiger partial charge is 0.325 e. The second kappa shape index (κ2) is 7.04. The van der Waals surface area contributed by atoms with Gasteiger partial charge in [-0.25, -0.2) is 4.98 Å². The predicted molar refractivity (Wildman–Crippen MR) is 79.4 cm³/mol. The summed E-state index contributed by atoms with van der Waals surface area (Å²) in [6, 6.07) is 1.85. The van der Waals surface area contributed by atoms with Crippen LogP contribution < -0.4 is 10.6 Å². The van der Waals surface area contributed by atoms with Gasteiger partial charge >= 0.3 is 5.97 Å². The second-order valence-electron chi connectivity index (χ2n) is 4.19. The van der Waals surface area contributed by atoms with Crippen LogP contribution in [0.2, 0.25) is 0 Å². The van der Waals surface area contributed by atoms with Crippen LogP contribution in [0.1, 0.15) is 24.5 Å². The minimum absolute atomic E-state index is 0.135. The summed E-state index contributed by atoms with van der Waals surface area (Å²) in [5.74, 6) is 0.324. The molecule has 1 aromatic heterocycles. The van der Waals surface area contributed by atoms with Crippen LogP contribution in [0.3, 0.4) is 0 Å². The van der Waals surface area contributed by atoms with Crippen molar-refractivity contribution in [2.45, 2.75) is 20.3 Å². The molecule has 0 saturated heterocycles. The van der Waals surface area contributed by atoms with Gasteiger partial charge in [0, 0.05) is 12.7 Å². The van der Waals surface area contributed by atoms with Crippen LogP contribution in [0.15, 0.2) is 12.3 Å². The minimum atomic E-state index is -0.314. The van der Waals surface area contributed by atoms with E-state index >= 15 is 0 Å². The summed E-state index contributed by atoms with van der Waals surface area (Å²) in [4.78, 5) is 17.9. The van der Waals surface area contributed by atoms with Crippen molar-refractivity contribution in [2.75, 3.05) is 25.1 Å². The fraction of sp³-hybridized carbons (Fsp3) is 0.462. The summed E-state index contributed by atoms with van der Waals surface area (Å²) in [5, 5.41) is 0. The Morgan fingerprint density at radius 3 is 2.79 bits per heavy atom. The van der Waals surface area contributed by atoms with Crippen molar-refractivity contribution in [1.29, 1.82) is 0 Å². The van der Waals surface area contributed by atoms with Gasteiger partial charge in [-0.1, -0.05) is 19.1 Å². The quantitative estimate of drug-likeness (QED) is 0.628. The topological polar surface area (TPSA) is 68.5 Å². The van der Waals surface area contributed by atoms with Crippen LogP contribution in [0.25, 0.3) is 0 Å². The van der Waals surface area contributed by atoms with Crippen LogP contribution in [-0.4, -0.2) is 36.1 Å². The molecule has 0 atom stereocenters. The van der Waals surface area contributed by atoms with Gasteiger partial charge in [0.25, 0.3) is 0 Å². The van der Waals surface area contributed by atoms with E-state index in [1.807, 2.05) is 24.8 Å². The Labute approximate surface area is 118 Å². The van der Waals surface area contributed by atoms with E-state index in [9.17, 15) is 4.79 Å². The number of pyridine rings is 1. The summed E-state index contributed by atoms with van der Waals surface area (Å²) >= 11 is 5.08. The zero-order valence-electron chi connectivity index (χ0n) is 11.5. The number of thiocarbonyl (C=S) groups is 1. The van der Waals surface area contributed by atoms with Gasteiger partial charge in [0.2, 0.25) is 0 Å². The van der Waals surface area contributed by atoms with E-state index in [1.54, 1.807) is 6.20 Å². The maximum Gasteiger partial charge on any atom is 0.325 e. The minimum Gasteiger partial charge on any atom is -0.468 e. The number of hydrogen-bond donors (Lipinski definition) is 1. The Kier molecular flexibility index (Phi) is 5.69. The summed E-state index contributed by atoms with van der Waals surface area (Å²) in [6.45, 7) is 4.76. The van der Waals surface area contributed by atoms with Gasteiger partial charge in [0.05, 0.1) is 12.7 Å². The van der Waals surface area contributed by atoms with E-state index in [0.717, 1.165) is 17.5 Å². The average Bonchev–Trinajstić information content (AvgIpc) is 2.37. The highest BCUT2D eigenvalue weighted by molar-refractivity contribution is 7.80. The van der Waals surface area contributed by atoms with Gasteiger partial charge in [0.1, 0.15) is 17.4 Å². The molecule has 5 nitrogen and oxygen atoms in total. The Morgan fingerprint density at radius 1 is 1.58 bits per heavy atom. The summed E-state index contributed by atoms with van der Waals surface area (Å²) in [6.07, 6.45) is 2.57. The van der Waals surface area contributed by atoms with E-state index in [0.29, 0.717) is 12.4 Å². The first-order valence-corrected chi connectivity index (χ1v) is 6.49. The third-order valence-electron chi connectivity index (χ3n) is 2.73. The molecule has 0 aliphatic heterocycles. The molecular formula is C13H19N3O2S. The summed E-state index contributed by atoms with van der Waals surface area (Å²) in [7, 11) is 1.37. The predicted octanol–water partition coefficient (Wildman–Crippen LogP) is 1.41. The Hall–Kier alpha value is -1.69. The average molecular weight is 281 g/mol. The first-order chi connectivity index (χ1) is 9.01. The number of anilines is 1. The van der Waals surface area contributed by atoms with E-state index < -0.39 is 0 Å². The number of nitrogens with zero attached hydrogens (tertiary/aromatic N) is 2. The highest BCUT2D eigenvalue weighted by atomic mass is 32.1. The van der Waals surface area contributed by atoms with Gasteiger partial charge in [0.15, 0.2) is 0 Å². The number of nitrogens with two attached hydrogens (primary N) is 1. The van der Waals surface area contributed by atoms with Gasteiger partial charge in [-0.2, -0.15) is 0 Å². The van der Waals surface area contributed by atoms with Crippen LogP contribution in [0, 0.1) is 6.92 Å². The summed E-state index contributed by atoms with van der Waals surface area (Å²) in [5.41, 5.74) is 7.43. The monoisotopic (exact) mass is 281 g/mol. The van der Waals surface area contributed by atoms with Crippen molar-refractivity contribution in [1.82, 2.24) is 4.98 Å². The molecule has 0 amide bonds. The lowest BCUT2D eigenvalue weighted by atomic mass is 10.1. The van der Waals surface area contributed by atoms with Gasteiger partial charge < -0.3 is 15.4 Å². The fourth-order valence-electron chi connectivity index (χ4n) is 1.84. The maximum absolute atomic E-state index is 11.5. The van der Waals surface area contributed by atoms with E-state index in [4.69, 9.17) is 22.7 Å². The molecule has 0 aliphatic rings. The molecule has 0 aromatic carbocycles. The molecule has 0 unspecified atom stereocenters. The number of rotatable bonds is 6. The third kappa shape index (κ3) is 3.89. The number of aromatic nitrogens is 1. The molecule has 0 radical (unpaired) electrons. The molecule has 1 heterocycles. The normalized spacial score (nSPS) is 10.1. The molecule has 0 spiro atoms. The van der Waals surface area contributed by atoms with Crippen molar-refractivity contribution >= 4 is 29.0 Å². The number of esters is 1. The number of carbonyl (C=O) groups is 1. The first-order valence-electron chi connectivity index (χ1n) is 6.08. The van der Waals surface area contributed by atoms with Crippen LogP contribution in [0.5, 0.6) is 0 Å². The largest absolute Gasteiger partial charge is 0.468 e. The van der Waals surface area contributed by atoms with Crippen molar-refractivity contribution in [2.24, 2.45) is 5.73 Å². The summed E-state index contributed by atoms with van der Waals surface area (Å²) < 4.78 is 4.71. The number of hydrogen-bond acceptors (Lipinski definition) is 5. The van der Waals surface area contributed by atoms with E-state index in [2.05, 4.69) is 4.98 Å². The van der Waals surface area contributed by atoms with Gasteiger partial charge in [-0.05, 0) is 25.0 Å². The first kappa shape index (κ1) is 15.4. The van der Waals surface area contributed by atoms with Gasteiger partial charge in [-0.15, -0.1) is 0 Å². The molecule has 0 bridgehead atoms. The number of methoxy groups -OCH3 is 1. The Bertz CT molecular complexity index is 477. The van der Waals surface area contributed by atoms with Crippen molar-refractivity contribution in [3.05, 3.63) is 23.4 Å².